The molecular formula is C14H26ClO2P. The Morgan fingerprint density at radius 1 is 0.889 bits per heavy atom. The fourth-order valence-electron chi connectivity index (χ4n) is 3.57. The van der Waals surface area contributed by atoms with Crippen LogP contribution in [0.2, 0.25) is 0 Å². The van der Waals surface area contributed by atoms with Crippen molar-refractivity contribution >= 4 is 19.0 Å². The fourth-order valence-corrected chi connectivity index (χ4v) is 7.32. The van der Waals surface area contributed by atoms with E-state index in [0.717, 1.165) is 25.7 Å². The number of hydrogen-bond donors (Lipinski definition) is 0. The van der Waals surface area contributed by atoms with E-state index in [1.807, 2.05) is 0 Å². The number of halogens is 1. The molecule has 0 atom stereocenters. The zero-order valence-electron chi connectivity index (χ0n) is 11.3. The van der Waals surface area contributed by atoms with Crippen molar-refractivity contribution in [2.24, 2.45) is 0 Å². The maximum atomic E-state index is 13.4. The van der Waals surface area contributed by atoms with Crippen LogP contribution in [0.3, 0.4) is 0 Å². The topological polar surface area (TPSA) is 26.3 Å². The first kappa shape index (κ1) is 14.9. The summed E-state index contributed by atoms with van der Waals surface area (Å²) in [6.45, 7) is 0.464. The van der Waals surface area contributed by atoms with Crippen LogP contribution in [0.4, 0.5) is 0 Å². The molecule has 0 N–H and O–H groups in total. The van der Waals surface area contributed by atoms with Crippen molar-refractivity contribution in [2.75, 3.05) is 12.5 Å². The molecule has 0 aliphatic heterocycles. The van der Waals surface area contributed by atoms with Crippen LogP contribution >= 0.6 is 19.0 Å². The second kappa shape index (κ2) is 7.31. The molecule has 18 heavy (non-hydrogen) atoms. The van der Waals surface area contributed by atoms with E-state index in [9.17, 15) is 4.57 Å². The predicted octanol–water partition coefficient (Wildman–Crippen LogP) is 5.19. The van der Waals surface area contributed by atoms with E-state index in [0.29, 0.717) is 23.8 Å². The van der Waals surface area contributed by atoms with Gasteiger partial charge in [0.05, 0.1) is 6.61 Å². The lowest BCUT2D eigenvalue weighted by molar-refractivity contribution is 0.298. The van der Waals surface area contributed by atoms with Crippen molar-refractivity contribution in [3.05, 3.63) is 0 Å². The highest BCUT2D eigenvalue weighted by atomic mass is 35.5. The highest BCUT2D eigenvalue weighted by Crippen LogP contribution is 2.63. The third kappa shape index (κ3) is 3.52. The molecule has 0 aromatic carbocycles. The lowest BCUT2D eigenvalue weighted by Gasteiger charge is -2.37. The van der Waals surface area contributed by atoms with Crippen molar-refractivity contribution in [1.82, 2.24) is 0 Å². The molecule has 2 aliphatic rings. The van der Waals surface area contributed by atoms with Gasteiger partial charge >= 0.3 is 0 Å². The predicted molar refractivity (Wildman–Crippen MR) is 78.0 cm³/mol. The van der Waals surface area contributed by atoms with Gasteiger partial charge in [-0.3, -0.25) is 4.57 Å². The highest BCUT2D eigenvalue weighted by molar-refractivity contribution is 7.60. The summed E-state index contributed by atoms with van der Waals surface area (Å²) in [5.41, 5.74) is 0.662. The van der Waals surface area contributed by atoms with E-state index < -0.39 is 7.37 Å². The van der Waals surface area contributed by atoms with Gasteiger partial charge in [-0.05, 0) is 25.7 Å². The molecule has 0 amide bonds. The standard InChI is InChI=1S/C14H26ClO2P/c15-11-12-17-18(16,13-7-3-1-4-8-13)14-9-5-2-6-10-14/h13-14H,1-12H2. The van der Waals surface area contributed by atoms with Crippen LogP contribution in [0.5, 0.6) is 0 Å². The van der Waals surface area contributed by atoms with Gasteiger partial charge in [0.25, 0.3) is 0 Å². The van der Waals surface area contributed by atoms with Crippen molar-refractivity contribution in [3.8, 4) is 0 Å². The van der Waals surface area contributed by atoms with Gasteiger partial charge in [-0.1, -0.05) is 38.5 Å². The second-order valence-electron chi connectivity index (χ2n) is 5.75. The Labute approximate surface area is 116 Å². The molecule has 0 unspecified atom stereocenters. The molecule has 2 nitrogen and oxygen atoms in total. The second-order valence-corrected chi connectivity index (χ2v) is 9.14. The smallest absolute Gasteiger partial charge is 0.209 e. The molecule has 0 aromatic rings. The van der Waals surface area contributed by atoms with Crippen LogP contribution < -0.4 is 0 Å². The normalized spacial score (nSPS) is 24.3. The molecule has 2 aliphatic carbocycles. The van der Waals surface area contributed by atoms with E-state index in [2.05, 4.69) is 0 Å². The molecule has 2 rings (SSSR count). The van der Waals surface area contributed by atoms with E-state index in [-0.39, 0.29) is 0 Å². The van der Waals surface area contributed by atoms with Gasteiger partial charge in [-0.2, -0.15) is 0 Å². The third-order valence-electron chi connectivity index (χ3n) is 4.54. The van der Waals surface area contributed by atoms with Gasteiger partial charge in [0, 0.05) is 17.2 Å². The first-order valence-electron chi connectivity index (χ1n) is 7.57. The monoisotopic (exact) mass is 292 g/mol. The molecule has 0 saturated heterocycles. The van der Waals surface area contributed by atoms with Crippen molar-refractivity contribution in [3.63, 3.8) is 0 Å². The van der Waals surface area contributed by atoms with Gasteiger partial charge in [-0.25, -0.2) is 0 Å². The van der Waals surface area contributed by atoms with Gasteiger partial charge in [0.15, 0.2) is 0 Å². The van der Waals surface area contributed by atoms with Crippen LogP contribution in [0.1, 0.15) is 64.2 Å². The summed E-state index contributed by atoms with van der Waals surface area (Å²) < 4.78 is 19.3. The molecule has 2 saturated carbocycles. The van der Waals surface area contributed by atoms with Crippen LogP contribution in [-0.4, -0.2) is 23.8 Å². The molecule has 106 valence electrons. The SMILES string of the molecule is O=P(OCCCl)(C1CCCCC1)C1CCCCC1. The third-order valence-corrected chi connectivity index (χ3v) is 8.35. The average molecular weight is 293 g/mol. The maximum Gasteiger partial charge on any atom is 0.209 e. The number of alkyl halides is 1. The molecule has 0 aromatic heterocycles. The Bertz CT molecular complexity index is 262. The summed E-state index contributed by atoms with van der Waals surface area (Å²) in [4.78, 5) is 0. The lowest BCUT2D eigenvalue weighted by Crippen LogP contribution is -2.25. The Morgan fingerprint density at radius 2 is 1.33 bits per heavy atom. The Hall–Kier alpha value is 0.480. The van der Waals surface area contributed by atoms with Crippen molar-refractivity contribution in [2.45, 2.75) is 75.5 Å². The van der Waals surface area contributed by atoms with Gasteiger partial charge in [0.2, 0.25) is 7.37 Å². The van der Waals surface area contributed by atoms with Gasteiger partial charge in [-0.15, -0.1) is 11.6 Å². The van der Waals surface area contributed by atoms with Crippen LogP contribution in [-0.2, 0) is 9.09 Å². The minimum atomic E-state index is -2.47. The van der Waals surface area contributed by atoms with Crippen LogP contribution in [0, 0.1) is 0 Å². The first-order chi connectivity index (χ1) is 8.77. The molecule has 0 spiro atoms. The number of hydrogen-bond acceptors (Lipinski definition) is 2. The van der Waals surface area contributed by atoms with Crippen molar-refractivity contribution in [1.29, 1.82) is 0 Å². The van der Waals surface area contributed by atoms with E-state index in [4.69, 9.17) is 16.1 Å². The average Bonchev–Trinajstić information content (AvgIpc) is 2.46. The Morgan fingerprint density at radius 3 is 1.72 bits per heavy atom. The van der Waals surface area contributed by atoms with Gasteiger partial charge in [0.1, 0.15) is 0 Å². The molecular weight excluding hydrogens is 267 g/mol. The van der Waals surface area contributed by atoms with Crippen LogP contribution in [0.15, 0.2) is 0 Å². The minimum absolute atomic E-state index is 0.331. The first-order valence-corrected chi connectivity index (χ1v) is 9.87. The summed E-state index contributed by atoms with van der Waals surface area (Å²) in [6.07, 6.45) is 11.9. The highest BCUT2D eigenvalue weighted by Gasteiger charge is 2.42. The molecule has 2 fully saturated rings. The molecule has 0 heterocycles. The summed E-state index contributed by atoms with van der Waals surface area (Å²) in [5, 5.41) is 0. The number of rotatable bonds is 5. The van der Waals surface area contributed by atoms with E-state index in [1.54, 1.807) is 0 Å². The largest absolute Gasteiger partial charge is 0.327 e. The van der Waals surface area contributed by atoms with Gasteiger partial charge < -0.3 is 4.52 Å². The van der Waals surface area contributed by atoms with Crippen molar-refractivity contribution < 1.29 is 9.09 Å². The Kier molecular flexibility index (Phi) is 6.04. The minimum Gasteiger partial charge on any atom is -0.327 e. The summed E-state index contributed by atoms with van der Waals surface area (Å²) in [6, 6.07) is 0. The van der Waals surface area contributed by atoms with E-state index >= 15 is 0 Å². The van der Waals surface area contributed by atoms with E-state index in [1.165, 1.54) is 38.5 Å². The maximum absolute atomic E-state index is 13.4. The molecule has 4 heteroatoms. The zero-order chi connectivity index (χ0) is 12.8. The summed E-state index contributed by atoms with van der Waals surface area (Å²) in [7, 11) is -2.47. The quantitative estimate of drug-likeness (QED) is 0.515. The lowest BCUT2D eigenvalue weighted by atomic mass is 10.00. The fraction of sp³-hybridized carbons (Fsp3) is 1.00. The zero-order valence-corrected chi connectivity index (χ0v) is 12.9. The Balaban J connectivity index is 2.07. The van der Waals surface area contributed by atoms with Crippen LogP contribution in [0.25, 0.3) is 0 Å². The molecule has 0 bridgehead atoms. The summed E-state index contributed by atoms with van der Waals surface area (Å²) in [5.74, 6) is 0.462. The summed E-state index contributed by atoms with van der Waals surface area (Å²) >= 11 is 5.74. The molecule has 0 radical (unpaired) electrons.